The van der Waals surface area contributed by atoms with E-state index in [2.05, 4.69) is 4.90 Å². The standard InChI is InChI=1S/C10H20N2O/c1-13-10-6-12(7-10)9-4-2-8(11)3-5-9/h8-10H,2-7,11H2,1H3. The van der Waals surface area contributed by atoms with Crippen LogP contribution in [0.1, 0.15) is 25.7 Å². The lowest BCUT2D eigenvalue weighted by atomic mass is 9.89. The molecule has 2 aliphatic rings. The van der Waals surface area contributed by atoms with Gasteiger partial charge in [0.1, 0.15) is 0 Å². The van der Waals surface area contributed by atoms with Crippen molar-refractivity contribution in [3.05, 3.63) is 0 Å². The quantitative estimate of drug-likeness (QED) is 0.682. The van der Waals surface area contributed by atoms with Crippen molar-refractivity contribution in [2.45, 2.75) is 43.9 Å². The summed E-state index contributed by atoms with van der Waals surface area (Å²) < 4.78 is 5.26. The zero-order valence-electron chi connectivity index (χ0n) is 8.41. The first-order valence-corrected chi connectivity index (χ1v) is 5.32. The van der Waals surface area contributed by atoms with Gasteiger partial charge in [-0.1, -0.05) is 0 Å². The summed E-state index contributed by atoms with van der Waals surface area (Å²) in [6, 6.07) is 1.27. The third-order valence-electron chi connectivity index (χ3n) is 3.47. The minimum Gasteiger partial charge on any atom is -0.379 e. The maximum atomic E-state index is 5.87. The molecule has 0 aromatic carbocycles. The molecule has 0 aromatic rings. The molecular formula is C10H20N2O. The number of methoxy groups -OCH3 is 1. The van der Waals surface area contributed by atoms with Crippen molar-refractivity contribution in [1.82, 2.24) is 4.90 Å². The van der Waals surface area contributed by atoms with Crippen LogP contribution >= 0.6 is 0 Å². The summed E-state index contributed by atoms with van der Waals surface area (Å²) in [4.78, 5) is 2.54. The fraction of sp³-hybridized carbons (Fsp3) is 1.00. The van der Waals surface area contributed by atoms with Gasteiger partial charge in [-0.15, -0.1) is 0 Å². The Morgan fingerprint density at radius 3 is 2.31 bits per heavy atom. The maximum absolute atomic E-state index is 5.87. The van der Waals surface area contributed by atoms with E-state index in [1.165, 1.54) is 25.7 Å². The lowest BCUT2D eigenvalue weighted by Gasteiger charge is -2.45. The fourth-order valence-electron chi connectivity index (χ4n) is 2.38. The predicted octanol–water partition coefficient (Wildman–Crippen LogP) is 0.587. The zero-order chi connectivity index (χ0) is 9.26. The summed E-state index contributed by atoms with van der Waals surface area (Å²) >= 11 is 0. The lowest BCUT2D eigenvalue weighted by Crippen LogP contribution is -2.57. The summed E-state index contributed by atoms with van der Waals surface area (Å²) in [5.41, 5.74) is 5.87. The van der Waals surface area contributed by atoms with E-state index in [0.29, 0.717) is 12.1 Å². The van der Waals surface area contributed by atoms with Crippen LogP contribution in [0.2, 0.25) is 0 Å². The SMILES string of the molecule is COC1CN(C2CCC(N)CC2)C1. The third kappa shape index (κ3) is 2.03. The molecule has 0 aromatic heterocycles. The van der Waals surface area contributed by atoms with E-state index in [9.17, 15) is 0 Å². The van der Waals surface area contributed by atoms with Crippen LogP contribution in [0.3, 0.4) is 0 Å². The molecule has 1 aliphatic carbocycles. The highest BCUT2D eigenvalue weighted by Gasteiger charge is 2.33. The van der Waals surface area contributed by atoms with Gasteiger partial charge in [0.15, 0.2) is 0 Å². The molecule has 1 aliphatic heterocycles. The van der Waals surface area contributed by atoms with E-state index in [4.69, 9.17) is 10.5 Å². The van der Waals surface area contributed by atoms with Crippen molar-refractivity contribution in [2.75, 3.05) is 20.2 Å². The highest BCUT2D eigenvalue weighted by Crippen LogP contribution is 2.26. The molecule has 0 unspecified atom stereocenters. The second-order valence-electron chi connectivity index (χ2n) is 4.38. The Kier molecular flexibility index (Phi) is 2.86. The van der Waals surface area contributed by atoms with Crippen LogP contribution in [0.5, 0.6) is 0 Å². The van der Waals surface area contributed by atoms with Crippen molar-refractivity contribution in [3.63, 3.8) is 0 Å². The zero-order valence-corrected chi connectivity index (χ0v) is 8.41. The Morgan fingerprint density at radius 1 is 1.15 bits per heavy atom. The number of rotatable bonds is 2. The van der Waals surface area contributed by atoms with Crippen LogP contribution in [-0.2, 0) is 4.74 Å². The summed E-state index contributed by atoms with van der Waals surface area (Å²) in [6.07, 6.45) is 5.49. The van der Waals surface area contributed by atoms with Crippen molar-refractivity contribution >= 4 is 0 Å². The van der Waals surface area contributed by atoms with E-state index < -0.39 is 0 Å². The molecule has 2 N–H and O–H groups in total. The van der Waals surface area contributed by atoms with Gasteiger partial charge < -0.3 is 10.5 Å². The molecule has 1 heterocycles. The number of nitrogens with two attached hydrogens (primary N) is 1. The van der Waals surface area contributed by atoms with Gasteiger partial charge in [0.2, 0.25) is 0 Å². The Labute approximate surface area is 80.2 Å². The first-order chi connectivity index (χ1) is 6.29. The van der Waals surface area contributed by atoms with Crippen LogP contribution in [0.4, 0.5) is 0 Å². The van der Waals surface area contributed by atoms with Gasteiger partial charge in [0, 0.05) is 32.3 Å². The van der Waals surface area contributed by atoms with Gasteiger partial charge in [-0.2, -0.15) is 0 Å². The van der Waals surface area contributed by atoms with Gasteiger partial charge in [-0.3, -0.25) is 4.90 Å². The maximum Gasteiger partial charge on any atom is 0.0825 e. The average molecular weight is 184 g/mol. The Balaban J connectivity index is 1.71. The van der Waals surface area contributed by atoms with E-state index in [1.54, 1.807) is 7.11 Å². The van der Waals surface area contributed by atoms with E-state index in [1.807, 2.05) is 0 Å². The third-order valence-corrected chi connectivity index (χ3v) is 3.47. The summed E-state index contributed by atoms with van der Waals surface area (Å²) in [5.74, 6) is 0. The van der Waals surface area contributed by atoms with E-state index >= 15 is 0 Å². The smallest absolute Gasteiger partial charge is 0.0825 e. The summed E-state index contributed by atoms with van der Waals surface area (Å²) in [5, 5.41) is 0. The molecule has 76 valence electrons. The van der Waals surface area contributed by atoms with Gasteiger partial charge in [-0.25, -0.2) is 0 Å². The monoisotopic (exact) mass is 184 g/mol. The molecule has 1 saturated carbocycles. The van der Waals surface area contributed by atoms with Crippen molar-refractivity contribution in [3.8, 4) is 0 Å². The van der Waals surface area contributed by atoms with E-state index in [-0.39, 0.29) is 0 Å². The summed E-state index contributed by atoms with van der Waals surface area (Å²) in [7, 11) is 1.80. The highest BCUT2D eigenvalue weighted by atomic mass is 16.5. The molecule has 0 atom stereocenters. The molecule has 13 heavy (non-hydrogen) atoms. The van der Waals surface area contributed by atoms with Crippen LogP contribution in [-0.4, -0.2) is 43.3 Å². The number of ether oxygens (including phenoxy) is 1. The normalized spacial score (nSPS) is 37.4. The Bertz CT molecular complexity index is 160. The number of likely N-dealkylation sites (tertiary alicyclic amines) is 1. The largest absolute Gasteiger partial charge is 0.379 e. The van der Waals surface area contributed by atoms with Crippen molar-refractivity contribution in [2.24, 2.45) is 5.73 Å². The van der Waals surface area contributed by atoms with Gasteiger partial charge in [-0.05, 0) is 25.7 Å². The molecule has 3 heteroatoms. The van der Waals surface area contributed by atoms with Gasteiger partial charge in [0.25, 0.3) is 0 Å². The minimum absolute atomic E-state index is 0.468. The molecule has 2 rings (SSSR count). The van der Waals surface area contributed by atoms with Crippen LogP contribution in [0, 0.1) is 0 Å². The molecule has 0 radical (unpaired) electrons. The predicted molar refractivity (Wildman–Crippen MR) is 52.6 cm³/mol. The molecule has 1 saturated heterocycles. The number of nitrogens with zero attached hydrogens (tertiary/aromatic N) is 1. The Morgan fingerprint density at radius 2 is 1.77 bits per heavy atom. The fourth-order valence-corrected chi connectivity index (χ4v) is 2.38. The van der Waals surface area contributed by atoms with Gasteiger partial charge in [0.05, 0.1) is 6.10 Å². The number of hydrogen-bond donors (Lipinski definition) is 1. The van der Waals surface area contributed by atoms with Crippen LogP contribution < -0.4 is 5.73 Å². The average Bonchev–Trinajstić information content (AvgIpc) is 2.06. The minimum atomic E-state index is 0.468. The second-order valence-corrected chi connectivity index (χ2v) is 4.38. The topological polar surface area (TPSA) is 38.5 Å². The highest BCUT2D eigenvalue weighted by molar-refractivity contribution is 4.89. The van der Waals surface area contributed by atoms with Crippen molar-refractivity contribution in [1.29, 1.82) is 0 Å². The lowest BCUT2D eigenvalue weighted by molar-refractivity contribution is -0.0577. The first-order valence-electron chi connectivity index (χ1n) is 5.32. The Hall–Kier alpha value is -0.120. The van der Waals surface area contributed by atoms with Crippen LogP contribution in [0.15, 0.2) is 0 Å². The molecule has 0 bridgehead atoms. The molecule has 2 fully saturated rings. The molecule has 3 nitrogen and oxygen atoms in total. The van der Waals surface area contributed by atoms with Gasteiger partial charge >= 0.3 is 0 Å². The first kappa shape index (κ1) is 9.44. The van der Waals surface area contributed by atoms with E-state index in [0.717, 1.165) is 19.1 Å². The second kappa shape index (κ2) is 3.95. The number of hydrogen-bond acceptors (Lipinski definition) is 3. The summed E-state index contributed by atoms with van der Waals surface area (Å²) in [6.45, 7) is 2.27. The molecule has 0 spiro atoms. The van der Waals surface area contributed by atoms with Crippen LogP contribution in [0.25, 0.3) is 0 Å². The molecular weight excluding hydrogens is 164 g/mol. The van der Waals surface area contributed by atoms with Crippen molar-refractivity contribution < 1.29 is 4.74 Å². The molecule has 0 amide bonds.